The summed E-state index contributed by atoms with van der Waals surface area (Å²) in [7, 11) is 0. The second-order valence-electron chi connectivity index (χ2n) is 4.27. The minimum atomic E-state index is -1.13. The van der Waals surface area contributed by atoms with Gasteiger partial charge in [-0.15, -0.1) is 0 Å². The van der Waals surface area contributed by atoms with Crippen LogP contribution < -0.4 is 5.32 Å². The SMILES string of the molecule is O=C(NC(Cc1cnc[nH]1)C(=O)O)c1ccc(Br)cc1Cl. The van der Waals surface area contributed by atoms with Crippen LogP contribution >= 0.6 is 27.5 Å². The fourth-order valence-electron chi connectivity index (χ4n) is 1.73. The lowest BCUT2D eigenvalue weighted by atomic mass is 10.1. The Hall–Kier alpha value is -1.86. The molecule has 1 unspecified atom stereocenters. The zero-order chi connectivity index (χ0) is 15.4. The molecule has 0 saturated carbocycles. The Bertz CT molecular complexity index is 661. The van der Waals surface area contributed by atoms with Crippen LogP contribution in [0, 0.1) is 0 Å². The maximum Gasteiger partial charge on any atom is 0.326 e. The minimum absolute atomic E-state index is 0.106. The molecule has 0 radical (unpaired) electrons. The van der Waals surface area contributed by atoms with Crippen LogP contribution in [0.15, 0.2) is 35.2 Å². The fourth-order valence-corrected chi connectivity index (χ4v) is 2.49. The highest BCUT2D eigenvalue weighted by molar-refractivity contribution is 9.10. The smallest absolute Gasteiger partial charge is 0.326 e. The summed E-state index contributed by atoms with van der Waals surface area (Å²) in [6.07, 6.45) is 3.06. The van der Waals surface area contributed by atoms with Crippen LogP contribution in [-0.4, -0.2) is 33.0 Å². The van der Waals surface area contributed by atoms with Crippen molar-refractivity contribution in [2.24, 2.45) is 0 Å². The molecule has 21 heavy (non-hydrogen) atoms. The molecule has 110 valence electrons. The molecule has 0 aliphatic rings. The van der Waals surface area contributed by atoms with E-state index in [2.05, 4.69) is 31.2 Å². The first-order chi connectivity index (χ1) is 9.97. The molecule has 0 bridgehead atoms. The molecule has 2 aromatic rings. The van der Waals surface area contributed by atoms with Gasteiger partial charge in [-0.1, -0.05) is 27.5 Å². The quantitative estimate of drug-likeness (QED) is 0.750. The summed E-state index contributed by atoms with van der Waals surface area (Å²) < 4.78 is 0.733. The molecule has 1 aromatic heterocycles. The van der Waals surface area contributed by atoms with Crippen LogP contribution in [0.25, 0.3) is 0 Å². The molecular weight excluding hydrogens is 362 g/mol. The first kappa shape index (κ1) is 15.5. The average Bonchev–Trinajstić information content (AvgIpc) is 2.90. The van der Waals surface area contributed by atoms with Crippen LogP contribution in [0.1, 0.15) is 16.1 Å². The summed E-state index contributed by atoms with van der Waals surface area (Å²) in [4.78, 5) is 30.0. The number of carboxylic acids is 1. The van der Waals surface area contributed by atoms with Crippen molar-refractivity contribution in [1.82, 2.24) is 15.3 Å². The number of halogens is 2. The van der Waals surface area contributed by atoms with Crippen LogP contribution in [0.3, 0.4) is 0 Å². The molecule has 3 N–H and O–H groups in total. The summed E-state index contributed by atoms with van der Waals surface area (Å²) in [6, 6.07) is 3.68. The normalized spacial score (nSPS) is 11.9. The van der Waals surface area contributed by atoms with E-state index in [1.54, 1.807) is 12.1 Å². The maximum absolute atomic E-state index is 12.1. The van der Waals surface area contributed by atoms with E-state index in [1.165, 1.54) is 18.6 Å². The van der Waals surface area contributed by atoms with Crippen molar-refractivity contribution in [1.29, 1.82) is 0 Å². The van der Waals surface area contributed by atoms with Crippen LogP contribution in [-0.2, 0) is 11.2 Å². The zero-order valence-corrected chi connectivity index (χ0v) is 13.0. The lowest BCUT2D eigenvalue weighted by Gasteiger charge is -2.14. The third-order valence-corrected chi connectivity index (χ3v) is 3.56. The van der Waals surface area contributed by atoms with Gasteiger partial charge in [0, 0.05) is 22.8 Å². The molecule has 0 fully saturated rings. The lowest BCUT2D eigenvalue weighted by molar-refractivity contribution is -0.139. The number of aliphatic carboxylic acids is 1. The van der Waals surface area contributed by atoms with Crippen molar-refractivity contribution in [3.8, 4) is 0 Å². The molecule has 8 heteroatoms. The van der Waals surface area contributed by atoms with Crippen molar-refractivity contribution in [2.45, 2.75) is 12.5 Å². The minimum Gasteiger partial charge on any atom is -0.480 e. The number of hydrogen-bond donors (Lipinski definition) is 3. The van der Waals surface area contributed by atoms with E-state index in [9.17, 15) is 14.7 Å². The number of benzene rings is 1. The molecule has 2 rings (SSSR count). The third kappa shape index (κ3) is 4.05. The van der Waals surface area contributed by atoms with Crippen LogP contribution in [0.5, 0.6) is 0 Å². The van der Waals surface area contributed by atoms with Crippen molar-refractivity contribution in [3.63, 3.8) is 0 Å². The van der Waals surface area contributed by atoms with Gasteiger partial charge in [-0.2, -0.15) is 0 Å². The van der Waals surface area contributed by atoms with E-state index in [4.69, 9.17) is 11.6 Å². The number of carbonyl (C=O) groups is 2. The number of carboxylic acid groups (broad SMARTS) is 1. The van der Waals surface area contributed by atoms with E-state index in [1.807, 2.05) is 0 Å². The van der Waals surface area contributed by atoms with E-state index >= 15 is 0 Å². The summed E-state index contributed by atoms with van der Waals surface area (Å²) in [5.41, 5.74) is 0.834. The number of nitrogens with one attached hydrogen (secondary N) is 2. The van der Waals surface area contributed by atoms with Gasteiger partial charge in [0.05, 0.1) is 16.9 Å². The van der Waals surface area contributed by atoms with Gasteiger partial charge in [0.2, 0.25) is 0 Å². The summed E-state index contributed by atoms with van der Waals surface area (Å²) >= 11 is 9.21. The highest BCUT2D eigenvalue weighted by Gasteiger charge is 2.22. The zero-order valence-electron chi connectivity index (χ0n) is 10.6. The average molecular weight is 373 g/mol. The number of imidazole rings is 1. The molecule has 0 saturated heterocycles. The van der Waals surface area contributed by atoms with Gasteiger partial charge in [0.15, 0.2) is 0 Å². The highest BCUT2D eigenvalue weighted by Crippen LogP contribution is 2.21. The maximum atomic E-state index is 12.1. The van der Waals surface area contributed by atoms with Crippen molar-refractivity contribution < 1.29 is 14.7 Å². The Morgan fingerprint density at radius 1 is 1.48 bits per heavy atom. The number of aromatic nitrogens is 2. The number of rotatable bonds is 5. The van der Waals surface area contributed by atoms with Gasteiger partial charge < -0.3 is 15.4 Å². The van der Waals surface area contributed by atoms with E-state index in [0.717, 1.165) is 4.47 Å². The molecule has 1 atom stereocenters. The molecule has 1 aromatic carbocycles. The van der Waals surface area contributed by atoms with Crippen molar-refractivity contribution in [2.75, 3.05) is 0 Å². The molecule has 1 amide bonds. The second kappa shape index (κ2) is 6.73. The van der Waals surface area contributed by atoms with Crippen LogP contribution in [0.2, 0.25) is 5.02 Å². The van der Waals surface area contributed by atoms with Gasteiger partial charge in [-0.3, -0.25) is 4.79 Å². The standard InChI is InChI=1S/C13H11BrClN3O3/c14-7-1-2-9(10(15)3-7)12(19)18-11(13(20)21)4-8-5-16-6-17-8/h1-3,5-6,11H,4H2,(H,16,17)(H,18,19)(H,20,21). The Morgan fingerprint density at radius 2 is 2.24 bits per heavy atom. The molecule has 6 nitrogen and oxygen atoms in total. The van der Waals surface area contributed by atoms with Gasteiger partial charge in [-0.25, -0.2) is 9.78 Å². The Labute approximate surface area is 133 Å². The van der Waals surface area contributed by atoms with Gasteiger partial charge in [0.1, 0.15) is 6.04 Å². The van der Waals surface area contributed by atoms with E-state index in [0.29, 0.717) is 5.69 Å². The van der Waals surface area contributed by atoms with E-state index in [-0.39, 0.29) is 17.0 Å². The molecule has 1 heterocycles. The highest BCUT2D eigenvalue weighted by atomic mass is 79.9. The number of amides is 1. The first-order valence-corrected chi connectivity index (χ1v) is 7.10. The fraction of sp³-hybridized carbons (Fsp3) is 0.154. The largest absolute Gasteiger partial charge is 0.480 e. The number of nitrogens with zero attached hydrogens (tertiary/aromatic N) is 1. The Kier molecular flexibility index (Phi) is 4.98. The first-order valence-electron chi connectivity index (χ1n) is 5.93. The summed E-state index contributed by atoms with van der Waals surface area (Å²) in [5.74, 6) is -1.68. The van der Waals surface area contributed by atoms with Crippen molar-refractivity contribution >= 4 is 39.4 Å². The second-order valence-corrected chi connectivity index (χ2v) is 5.59. The van der Waals surface area contributed by atoms with Crippen LogP contribution in [0.4, 0.5) is 0 Å². The number of aromatic amines is 1. The molecule has 0 spiro atoms. The molecule has 0 aliphatic heterocycles. The molecule has 0 aliphatic carbocycles. The Balaban J connectivity index is 2.12. The third-order valence-electron chi connectivity index (χ3n) is 2.76. The van der Waals surface area contributed by atoms with Gasteiger partial charge in [-0.05, 0) is 18.2 Å². The van der Waals surface area contributed by atoms with Crippen molar-refractivity contribution in [3.05, 3.63) is 51.5 Å². The summed E-state index contributed by atoms with van der Waals surface area (Å²) in [6.45, 7) is 0. The monoisotopic (exact) mass is 371 g/mol. The lowest BCUT2D eigenvalue weighted by Crippen LogP contribution is -2.42. The summed E-state index contributed by atoms with van der Waals surface area (Å²) in [5, 5.41) is 11.9. The van der Waals surface area contributed by atoms with E-state index < -0.39 is 17.9 Å². The molecular formula is C13H11BrClN3O3. The number of H-pyrrole nitrogens is 1. The van der Waals surface area contributed by atoms with Gasteiger partial charge >= 0.3 is 5.97 Å². The predicted molar refractivity (Wildman–Crippen MR) is 80.3 cm³/mol. The number of hydrogen-bond acceptors (Lipinski definition) is 3. The Morgan fingerprint density at radius 3 is 2.81 bits per heavy atom. The van der Waals surface area contributed by atoms with Gasteiger partial charge in [0.25, 0.3) is 5.91 Å². The predicted octanol–water partition coefficient (Wildman–Crippen LogP) is 2.25. The number of carbonyl (C=O) groups excluding carboxylic acids is 1. The topological polar surface area (TPSA) is 95.1 Å².